The SMILES string of the molecule is CC(C)(C)[C-]=O.[CH2-]C(C)C.[CH3-].[U+2].[W]. The Bertz CT molecular complexity index is 84.7. The molecule has 0 aromatic heterocycles. The Morgan fingerprint density at radius 2 is 1.31 bits per heavy atom. The smallest absolute Gasteiger partial charge is 0.541 e. The van der Waals surface area contributed by atoms with Gasteiger partial charge in [-0.25, -0.2) is 0 Å². The topological polar surface area (TPSA) is 17.1 Å². The maximum atomic E-state index is 9.70. The van der Waals surface area contributed by atoms with Crippen molar-refractivity contribution in [3.63, 3.8) is 0 Å². The summed E-state index contributed by atoms with van der Waals surface area (Å²) in [7, 11) is 0. The quantitative estimate of drug-likeness (QED) is 0.404. The molecule has 1 nitrogen and oxygen atoms in total. The molecule has 0 aliphatic heterocycles. The average molecular weight is 579 g/mol. The van der Waals surface area contributed by atoms with Gasteiger partial charge < -0.3 is 19.1 Å². The van der Waals surface area contributed by atoms with E-state index < -0.39 is 0 Å². The zero-order chi connectivity index (χ0) is 8.78. The third-order valence-corrected chi connectivity index (χ3v) is 0.306. The van der Waals surface area contributed by atoms with Crippen LogP contribution in [0, 0.1) is 56.8 Å². The van der Waals surface area contributed by atoms with Gasteiger partial charge in [0.2, 0.25) is 0 Å². The molecule has 0 fully saturated rings. The van der Waals surface area contributed by atoms with Crippen molar-refractivity contribution in [2.75, 3.05) is 0 Å². The predicted molar refractivity (Wildman–Crippen MR) is 51.8 cm³/mol. The Hall–Kier alpha value is 1.41. The van der Waals surface area contributed by atoms with E-state index in [9.17, 15) is 4.79 Å². The molecule has 0 saturated carbocycles. The van der Waals surface area contributed by atoms with Crippen LogP contribution >= 0.6 is 0 Å². The molecule has 3 heteroatoms. The molecular weight excluding hydrogens is 558 g/mol. The van der Waals surface area contributed by atoms with Crippen LogP contribution in [0.2, 0.25) is 0 Å². The second kappa shape index (κ2) is 15.9. The summed E-state index contributed by atoms with van der Waals surface area (Å²) >= 11 is 0. The van der Waals surface area contributed by atoms with E-state index in [0.717, 1.165) is 0 Å². The van der Waals surface area contributed by atoms with E-state index >= 15 is 0 Å². The van der Waals surface area contributed by atoms with E-state index in [1.807, 2.05) is 27.1 Å². The molecule has 0 aliphatic carbocycles. The van der Waals surface area contributed by atoms with Gasteiger partial charge in [0.25, 0.3) is 0 Å². The van der Waals surface area contributed by atoms with Gasteiger partial charge in [-0.1, -0.05) is 34.6 Å². The van der Waals surface area contributed by atoms with Crippen LogP contribution in [0.5, 0.6) is 0 Å². The molecule has 0 aliphatic rings. The maximum absolute atomic E-state index is 9.70. The molecule has 0 rings (SSSR count). The fourth-order valence-corrected chi connectivity index (χ4v) is 0. The molecule has 0 aromatic carbocycles. The molecule has 13 heavy (non-hydrogen) atoms. The normalized spacial score (nSPS) is 7.92. The number of carbonyl (C=O) groups excluding carboxylic acids is 1. The van der Waals surface area contributed by atoms with Crippen molar-refractivity contribution in [3.05, 3.63) is 14.4 Å². The van der Waals surface area contributed by atoms with E-state index in [-0.39, 0.29) is 65.0 Å². The van der Waals surface area contributed by atoms with Crippen molar-refractivity contribution >= 4 is 6.29 Å². The number of hydrogen-bond acceptors (Lipinski definition) is 1. The Morgan fingerprint density at radius 1 is 1.23 bits per heavy atom. The molecule has 0 saturated heterocycles. The second-order valence-electron chi connectivity index (χ2n) is 3.75. The predicted octanol–water partition coefficient (Wildman–Crippen LogP) is 3.07. The van der Waals surface area contributed by atoms with Crippen molar-refractivity contribution in [1.29, 1.82) is 0 Å². The summed E-state index contributed by atoms with van der Waals surface area (Å²) in [6, 6.07) is 0. The second-order valence-corrected chi connectivity index (χ2v) is 3.75. The summed E-state index contributed by atoms with van der Waals surface area (Å²) in [5, 5.41) is 0. The summed E-state index contributed by atoms with van der Waals surface area (Å²) in [5.41, 5.74) is -0.264. The summed E-state index contributed by atoms with van der Waals surface area (Å²) in [4.78, 5) is 9.70. The van der Waals surface area contributed by atoms with Gasteiger partial charge in [-0.2, -0.15) is 5.92 Å². The molecule has 0 amide bonds. The molecule has 0 heterocycles. The monoisotopic (exact) mass is 579 g/mol. The summed E-state index contributed by atoms with van der Waals surface area (Å²) in [6.45, 7) is 13.2. The first-order valence-corrected chi connectivity index (χ1v) is 3.52. The largest absolute Gasteiger partial charge is 2.00 e. The molecule has 0 bridgehead atoms. The zero-order valence-corrected chi connectivity index (χ0v) is 16.7. The molecule has 0 aromatic rings. The first kappa shape index (κ1) is 29.3. The summed E-state index contributed by atoms with van der Waals surface area (Å²) < 4.78 is 0. The van der Waals surface area contributed by atoms with E-state index in [0.29, 0.717) is 5.92 Å². The van der Waals surface area contributed by atoms with Crippen molar-refractivity contribution < 1.29 is 57.0 Å². The third-order valence-electron chi connectivity index (χ3n) is 0.306. The van der Waals surface area contributed by atoms with Gasteiger partial charge in [-0.3, -0.25) is 6.29 Å². The first-order valence-electron chi connectivity index (χ1n) is 3.52. The van der Waals surface area contributed by atoms with Crippen molar-refractivity contribution in [1.82, 2.24) is 0 Å². The fourth-order valence-electron chi connectivity index (χ4n) is 0. The standard InChI is InChI=1S/C5H9O.C4H9.CH3.U.W/c1-5(2,3)4-6;1-4(2)3;;;/h1-3H3;4H,1H2,2-3H3;1H3;;/q3*-1;+2;. The van der Waals surface area contributed by atoms with Crippen molar-refractivity contribution in [2.24, 2.45) is 11.3 Å². The minimum absolute atomic E-state index is 0. The van der Waals surface area contributed by atoms with Gasteiger partial charge in [0, 0.05) is 21.1 Å². The van der Waals surface area contributed by atoms with E-state index in [4.69, 9.17) is 0 Å². The van der Waals surface area contributed by atoms with Crippen LogP contribution in [0.15, 0.2) is 0 Å². The summed E-state index contributed by atoms with van der Waals surface area (Å²) in [5.74, 6) is 0.583. The zero-order valence-electron chi connectivity index (χ0n) is 9.60. The van der Waals surface area contributed by atoms with Gasteiger partial charge in [0.05, 0.1) is 0 Å². The van der Waals surface area contributed by atoms with Crippen LogP contribution in [0.4, 0.5) is 0 Å². The van der Waals surface area contributed by atoms with Gasteiger partial charge in [0.1, 0.15) is 0 Å². The maximum Gasteiger partial charge on any atom is 2.00 e. The van der Waals surface area contributed by atoms with Crippen LogP contribution in [-0.4, -0.2) is 6.29 Å². The fraction of sp³-hybridized carbons (Fsp3) is 0.700. The molecule has 0 spiro atoms. The minimum atomic E-state index is -0.264. The van der Waals surface area contributed by atoms with Crippen LogP contribution in [0.25, 0.3) is 0 Å². The van der Waals surface area contributed by atoms with Crippen LogP contribution < -0.4 is 0 Å². The molecular formula is C10H21OUW-. The molecule has 78 valence electrons. The van der Waals surface area contributed by atoms with Gasteiger partial charge >= 0.3 is 31.1 Å². The van der Waals surface area contributed by atoms with Gasteiger partial charge in [0.15, 0.2) is 0 Å². The summed E-state index contributed by atoms with van der Waals surface area (Å²) in [6.07, 6.45) is 1.85. The van der Waals surface area contributed by atoms with Crippen LogP contribution in [0.1, 0.15) is 34.6 Å². The van der Waals surface area contributed by atoms with Crippen molar-refractivity contribution in [2.45, 2.75) is 34.6 Å². The molecule has 0 N–H and O–H groups in total. The Morgan fingerprint density at radius 3 is 1.31 bits per heavy atom. The third kappa shape index (κ3) is 89.8. The minimum Gasteiger partial charge on any atom is -0.541 e. The van der Waals surface area contributed by atoms with Gasteiger partial charge in [-0.05, 0) is 0 Å². The van der Waals surface area contributed by atoms with E-state index in [2.05, 4.69) is 20.8 Å². The molecule has 0 radical (unpaired) electrons. The van der Waals surface area contributed by atoms with E-state index in [1.165, 1.54) is 0 Å². The molecule has 0 atom stereocenters. The van der Waals surface area contributed by atoms with E-state index in [1.54, 1.807) is 0 Å². The Labute approximate surface area is 122 Å². The van der Waals surface area contributed by atoms with Crippen LogP contribution in [0.3, 0.4) is 0 Å². The number of rotatable bonds is 0. The first-order chi connectivity index (χ1) is 4.29. The Balaban J connectivity index is -0.0000000279. The van der Waals surface area contributed by atoms with Gasteiger partial charge in [-0.15, -0.1) is 5.41 Å². The Kier molecular flexibility index (Phi) is 35.7. The van der Waals surface area contributed by atoms with Crippen molar-refractivity contribution in [3.8, 4) is 0 Å². The number of hydrogen-bond donors (Lipinski definition) is 0. The molecule has 0 unspecified atom stereocenters. The average Bonchev–Trinajstić information content (AvgIpc) is 1.63. The van der Waals surface area contributed by atoms with Crippen LogP contribution in [-0.2, 0) is 25.9 Å².